The summed E-state index contributed by atoms with van der Waals surface area (Å²) in [5.74, 6) is 0. The molecule has 0 aromatic heterocycles. The maximum Gasteiger partial charge on any atom is 0.0995 e. The Morgan fingerprint density at radius 2 is 2.11 bits per heavy atom. The number of benzene rings is 1. The SMILES string of the molecule is N#Cc1ccccc1CN1CCO[C@@H]2CCCC[C@@H]21. The molecule has 19 heavy (non-hydrogen) atoms. The standard InChI is InChI=1S/C16H20N2O/c17-11-13-5-1-2-6-14(13)12-18-9-10-19-16-8-4-3-7-15(16)18/h1-2,5-6,15-16H,3-4,7-10,12H2/t15-,16+/m0/s1. The zero-order chi connectivity index (χ0) is 13.1. The first-order valence-electron chi connectivity index (χ1n) is 7.22. The molecule has 1 saturated carbocycles. The van der Waals surface area contributed by atoms with Gasteiger partial charge in [-0.15, -0.1) is 0 Å². The van der Waals surface area contributed by atoms with Crippen LogP contribution in [-0.4, -0.2) is 30.2 Å². The molecule has 1 aliphatic heterocycles. The maximum atomic E-state index is 9.19. The fourth-order valence-electron chi connectivity index (χ4n) is 3.36. The molecule has 2 atom stereocenters. The summed E-state index contributed by atoms with van der Waals surface area (Å²) in [5, 5.41) is 9.19. The van der Waals surface area contributed by atoms with Gasteiger partial charge >= 0.3 is 0 Å². The predicted octanol–water partition coefficient (Wildman–Crippen LogP) is 2.70. The molecule has 0 N–H and O–H groups in total. The second kappa shape index (κ2) is 5.73. The molecule has 1 heterocycles. The van der Waals surface area contributed by atoms with Gasteiger partial charge in [0.05, 0.1) is 24.3 Å². The molecule has 2 aliphatic rings. The third-order valence-corrected chi connectivity index (χ3v) is 4.36. The Morgan fingerprint density at radius 1 is 1.26 bits per heavy atom. The average molecular weight is 256 g/mol. The molecule has 0 spiro atoms. The summed E-state index contributed by atoms with van der Waals surface area (Å²) in [7, 11) is 0. The summed E-state index contributed by atoms with van der Waals surface area (Å²) in [6, 6.07) is 10.8. The Kier molecular flexibility index (Phi) is 3.82. The molecule has 1 aromatic carbocycles. The monoisotopic (exact) mass is 256 g/mol. The quantitative estimate of drug-likeness (QED) is 0.816. The Labute approximate surface area is 114 Å². The highest BCUT2D eigenvalue weighted by molar-refractivity contribution is 5.37. The lowest BCUT2D eigenvalue weighted by Gasteiger charge is -2.44. The van der Waals surface area contributed by atoms with Crippen molar-refractivity contribution >= 4 is 0 Å². The van der Waals surface area contributed by atoms with Crippen molar-refractivity contribution in [1.29, 1.82) is 5.26 Å². The zero-order valence-electron chi connectivity index (χ0n) is 11.2. The molecule has 2 fully saturated rings. The normalized spacial score (nSPS) is 27.5. The molecular formula is C16H20N2O. The smallest absolute Gasteiger partial charge is 0.0995 e. The van der Waals surface area contributed by atoms with Gasteiger partial charge in [0.15, 0.2) is 0 Å². The van der Waals surface area contributed by atoms with Crippen LogP contribution >= 0.6 is 0 Å². The van der Waals surface area contributed by atoms with Crippen molar-refractivity contribution in [3.63, 3.8) is 0 Å². The van der Waals surface area contributed by atoms with Crippen molar-refractivity contribution in [3.05, 3.63) is 35.4 Å². The highest BCUT2D eigenvalue weighted by atomic mass is 16.5. The van der Waals surface area contributed by atoms with Crippen molar-refractivity contribution in [3.8, 4) is 6.07 Å². The summed E-state index contributed by atoms with van der Waals surface area (Å²) in [5.41, 5.74) is 1.96. The second-order valence-electron chi connectivity index (χ2n) is 5.50. The molecular weight excluding hydrogens is 236 g/mol. The summed E-state index contributed by atoms with van der Waals surface area (Å²) < 4.78 is 5.90. The van der Waals surface area contributed by atoms with E-state index in [0.29, 0.717) is 12.1 Å². The van der Waals surface area contributed by atoms with Gasteiger partial charge in [0.1, 0.15) is 0 Å². The molecule has 3 nitrogen and oxygen atoms in total. The van der Waals surface area contributed by atoms with Gasteiger partial charge < -0.3 is 4.74 Å². The minimum Gasteiger partial charge on any atom is -0.375 e. The largest absolute Gasteiger partial charge is 0.375 e. The molecule has 3 heteroatoms. The zero-order valence-corrected chi connectivity index (χ0v) is 11.2. The van der Waals surface area contributed by atoms with Crippen molar-refractivity contribution in [2.24, 2.45) is 0 Å². The van der Waals surface area contributed by atoms with Crippen molar-refractivity contribution < 1.29 is 4.74 Å². The number of hydrogen-bond donors (Lipinski definition) is 0. The topological polar surface area (TPSA) is 36.3 Å². The summed E-state index contributed by atoms with van der Waals surface area (Å²) in [4.78, 5) is 2.52. The lowest BCUT2D eigenvalue weighted by molar-refractivity contribution is -0.0911. The molecule has 1 aromatic rings. The second-order valence-corrected chi connectivity index (χ2v) is 5.50. The number of ether oxygens (including phenoxy) is 1. The highest BCUT2D eigenvalue weighted by Crippen LogP contribution is 2.29. The third kappa shape index (κ3) is 2.65. The van der Waals surface area contributed by atoms with E-state index in [2.05, 4.69) is 17.0 Å². The maximum absolute atomic E-state index is 9.19. The molecule has 3 rings (SSSR count). The van der Waals surface area contributed by atoms with E-state index in [1.54, 1.807) is 0 Å². The van der Waals surface area contributed by atoms with Gasteiger partial charge in [-0.2, -0.15) is 5.26 Å². The van der Waals surface area contributed by atoms with Crippen molar-refractivity contribution in [1.82, 2.24) is 4.90 Å². The third-order valence-electron chi connectivity index (χ3n) is 4.36. The van der Waals surface area contributed by atoms with E-state index in [-0.39, 0.29) is 0 Å². The van der Waals surface area contributed by atoms with Crippen LogP contribution in [0.4, 0.5) is 0 Å². The molecule has 1 saturated heterocycles. The van der Waals surface area contributed by atoms with Crippen LogP contribution in [0.1, 0.15) is 36.8 Å². The van der Waals surface area contributed by atoms with Gasteiger partial charge in [0.2, 0.25) is 0 Å². The van der Waals surface area contributed by atoms with Gasteiger partial charge in [-0.05, 0) is 24.5 Å². The predicted molar refractivity (Wildman–Crippen MR) is 73.6 cm³/mol. The van der Waals surface area contributed by atoms with Crippen LogP contribution in [0, 0.1) is 11.3 Å². The van der Waals surface area contributed by atoms with Gasteiger partial charge in [-0.1, -0.05) is 31.0 Å². The first-order chi connectivity index (χ1) is 9.38. The van der Waals surface area contributed by atoms with E-state index in [1.165, 1.54) is 25.7 Å². The fraction of sp³-hybridized carbons (Fsp3) is 0.562. The highest BCUT2D eigenvalue weighted by Gasteiger charge is 2.34. The van der Waals surface area contributed by atoms with Crippen molar-refractivity contribution in [2.45, 2.75) is 44.4 Å². The van der Waals surface area contributed by atoms with Crippen LogP contribution in [0.2, 0.25) is 0 Å². The van der Waals surface area contributed by atoms with Gasteiger partial charge in [-0.25, -0.2) is 0 Å². The van der Waals surface area contributed by atoms with Crippen LogP contribution in [0.3, 0.4) is 0 Å². The number of hydrogen-bond acceptors (Lipinski definition) is 3. The van der Waals surface area contributed by atoms with Gasteiger partial charge in [0.25, 0.3) is 0 Å². The van der Waals surface area contributed by atoms with Crippen LogP contribution in [0.25, 0.3) is 0 Å². The van der Waals surface area contributed by atoms with Crippen LogP contribution in [0.5, 0.6) is 0 Å². The Hall–Kier alpha value is -1.37. The van der Waals surface area contributed by atoms with Crippen LogP contribution < -0.4 is 0 Å². The van der Waals surface area contributed by atoms with Gasteiger partial charge in [-0.3, -0.25) is 4.90 Å². The van der Waals surface area contributed by atoms with E-state index >= 15 is 0 Å². The molecule has 0 radical (unpaired) electrons. The molecule has 100 valence electrons. The summed E-state index contributed by atoms with van der Waals surface area (Å²) >= 11 is 0. The fourth-order valence-corrected chi connectivity index (χ4v) is 3.36. The van der Waals surface area contributed by atoms with Crippen LogP contribution in [-0.2, 0) is 11.3 Å². The molecule has 0 bridgehead atoms. The summed E-state index contributed by atoms with van der Waals surface area (Å²) in [6.45, 7) is 2.70. The Balaban J connectivity index is 1.76. The first-order valence-corrected chi connectivity index (χ1v) is 7.22. The number of nitrogens with zero attached hydrogens (tertiary/aromatic N) is 2. The van der Waals surface area contributed by atoms with E-state index in [1.807, 2.05) is 18.2 Å². The average Bonchev–Trinajstić information content (AvgIpc) is 2.48. The molecule has 0 amide bonds. The van der Waals surface area contributed by atoms with E-state index in [4.69, 9.17) is 4.74 Å². The lowest BCUT2D eigenvalue weighted by Crippen LogP contribution is -2.52. The van der Waals surface area contributed by atoms with E-state index in [9.17, 15) is 5.26 Å². The Bertz CT molecular complexity index is 478. The Morgan fingerprint density at radius 3 is 3.00 bits per heavy atom. The van der Waals surface area contributed by atoms with Gasteiger partial charge in [0, 0.05) is 19.1 Å². The molecule has 0 unspecified atom stereocenters. The number of nitriles is 1. The van der Waals surface area contributed by atoms with Crippen LogP contribution in [0.15, 0.2) is 24.3 Å². The number of fused-ring (bicyclic) bond motifs is 1. The minimum atomic E-state index is 0.414. The number of morpholine rings is 1. The number of rotatable bonds is 2. The summed E-state index contributed by atoms with van der Waals surface area (Å²) in [6.07, 6.45) is 5.45. The first kappa shape index (κ1) is 12.7. The lowest BCUT2D eigenvalue weighted by atomic mass is 9.89. The molecule has 1 aliphatic carbocycles. The van der Waals surface area contributed by atoms with Crippen molar-refractivity contribution in [2.75, 3.05) is 13.2 Å². The minimum absolute atomic E-state index is 0.414. The van der Waals surface area contributed by atoms with E-state index in [0.717, 1.165) is 30.8 Å². The van der Waals surface area contributed by atoms with E-state index < -0.39 is 0 Å².